The third-order valence-electron chi connectivity index (χ3n) is 3.89. The van der Waals surface area contributed by atoms with Gasteiger partial charge in [-0.25, -0.2) is 13.1 Å². The Morgan fingerprint density at radius 3 is 2.22 bits per heavy atom. The van der Waals surface area contributed by atoms with Crippen LogP contribution in [0.3, 0.4) is 0 Å². The summed E-state index contributed by atoms with van der Waals surface area (Å²) in [4.78, 5) is 11.2. The van der Waals surface area contributed by atoms with Gasteiger partial charge >= 0.3 is 5.97 Å². The molecule has 3 aliphatic carbocycles. The molecule has 0 heterocycles. The Balaban J connectivity index is 1.75. The van der Waals surface area contributed by atoms with Crippen LogP contribution >= 0.6 is 0 Å². The monoisotopic (exact) mass is 267 g/mol. The summed E-state index contributed by atoms with van der Waals surface area (Å²) in [6.45, 7) is 0. The van der Waals surface area contributed by atoms with Gasteiger partial charge in [0.1, 0.15) is 0 Å². The standard InChI is InChI=1S/C12H13NO4S/c14-10(15)11-6-12(7-11,8-11)13-18(16,17)9-4-2-1-3-5-9/h1-5,13H,6-8H2,(H,14,15). The van der Waals surface area contributed by atoms with Crippen LogP contribution in [-0.2, 0) is 14.8 Å². The lowest BCUT2D eigenvalue weighted by Crippen LogP contribution is -2.76. The number of benzene rings is 1. The molecule has 0 saturated heterocycles. The van der Waals surface area contributed by atoms with Crippen LogP contribution in [0.5, 0.6) is 0 Å². The van der Waals surface area contributed by atoms with Crippen molar-refractivity contribution in [1.82, 2.24) is 4.72 Å². The summed E-state index contributed by atoms with van der Waals surface area (Å²) >= 11 is 0. The molecule has 0 aromatic heterocycles. The Morgan fingerprint density at radius 2 is 1.72 bits per heavy atom. The SMILES string of the molecule is O=C(O)C12CC(NS(=O)(=O)c3ccccc3)(C1)C2. The number of carbonyl (C=O) groups is 1. The summed E-state index contributed by atoms with van der Waals surface area (Å²) in [5, 5.41) is 8.98. The van der Waals surface area contributed by atoms with E-state index in [4.69, 9.17) is 5.11 Å². The van der Waals surface area contributed by atoms with E-state index >= 15 is 0 Å². The van der Waals surface area contributed by atoms with Crippen molar-refractivity contribution in [1.29, 1.82) is 0 Å². The second-order valence-electron chi connectivity index (χ2n) is 5.31. The van der Waals surface area contributed by atoms with Crippen molar-refractivity contribution in [2.24, 2.45) is 5.41 Å². The van der Waals surface area contributed by atoms with E-state index in [1.165, 1.54) is 12.1 Å². The average molecular weight is 267 g/mol. The lowest BCUT2D eigenvalue weighted by atomic mass is 9.40. The molecule has 6 heteroatoms. The highest BCUT2D eigenvalue weighted by Crippen LogP contribution is 2.67. The first-order valence-electron chi connectivity index (χ1n) is 5.70. The van der Waals surface area contributed by atoms with Crippen molar-refractivity contribution in [3.8, 4) is 0 Å². The molecule has 0 spiro atoms. The molecular formula is C12H13NO4S. The maximum absolute atomic E-state index is 12.1. The minimum absolute atomic E-state index is 0.221. The molecule has 0 aliphatic heterocycles. The number of hydrogen-bond donors (Lipinski definition) is 2. The predicted molar refractivity (Wildman–Crippen MR) is 63.4 cm³/mol. The second-order valence-corrected chi connectivity index (χ2v) is 7.00. The quantitative estimate of drug-likeness (QED) is 0.851. The van der Waals surface area contributed by atoms with Gasteiger partial charge in [-0.1, -0.05) is 18.2 Å². The molecule has 5 nitrogen and oxygen atoms in total. The largest absolute Gasteiger partial charge is 0.481 e. The smallest absolute Gasteiger partial charge is 0.309 e. The number of rotatable bonds is 4. The van der Waals surface area contributed by atoms with E-state index < -0.39 is 26.9 Å². The molecule has 0 atom stereocenters. The molecule has 0 unspecified atom stereocenters. The zero-order valence-corrected chi connectivity index (χ0v) is 10.4. The summed E-state index contributed by atoms with van der Waals surface area (Å²) in [5.74, 6) is -0.816. The molecule has 18 heavy (non-hydrogen) atoms. The third-order valence-corrected chi connectivity index (χ3v) is 5.48. The maximum Gasteiger partial charge on any atom is 0.309 e. The van der Waals surface area contributed by atoms with Crippen LogP contribution in [0, 0.1) is 5.41 Å². The molecule has 0 radical (unpaired) electrons. The van der Waals surface area contributed by atoms with E-state index in [1.807, 2.05) is 0 Å². The Bertz CT molecular complexity index is 588. The van der Waals surface area contributed by atoms with Crippen LogP contribution in [-0.4, -0.2) is 25.0 Å². The molecule has 96 valence electrons. The number of nitrogens with one attached hydrogen (secondary N) is 1. The fourth-order valence-electron chi connectivity index (χ4n) is 3.07. The van der Waals surface area contributed by atoms with Gasteiger partial charge in [0, 0.05) is 5.54 Å². The van der Waals surface area contributed by atoms with Crippen LogP contribution in [0.25, 0.3) is 0 Å². The number of aliphatic carboxylic acids is 1. The first-order valence-corrected chi connectivity index (χ1v) is 7.18. The Morgan fingerprint density at radius 1 is 1.17 bits per heavy atom. The molecule has 3 fully saturated rings. The van der Waals surface area contributed by atoms with Gasteiger partial charge < -0.3 is 5.11 Å². The van der Waals surface area contributed by atoms with Crippen molar-refractivity contribution in [3.63, 3.8) is 0 Å². The van der Waals surface area contributed by atoms with Crippen LogP contribution in [0.4, 0.5) is 0 Å². The van der Waals surface area contributed by atoms with E-state index in [-0.39, 0.29) is 4.90 Å². The van der Waals surface area contributed by atoms with Crippen LogP contribution in [0.2, 0.25) is 0 Å². The van der Waals surface area contributed by atoms with Gasteiger partial charge in [0.2, 0.25) is 10.0 Å². The van der Waals surface area contributed by atoms with E-state index in [0.717, 1.165) is 0 Å². The number of carboxylic acid groups (broad SMARTS) is 1. The zero-order chi connectivity index (χ0) is 13.0. The minimum Gasteiger partial charge on any atom is -0.481 e. The van der Waals surface area contributed by atoms with Gasteiger partial charge in [-0.15, -0.1) is 0 Å². The highest BCUT2D eigenvalue weighted by atomic mass is 32.2. The highest BCUT2D eigenvalue weighted by Gasteiger charge is 2.73. The van der Waals surface area contributed by atoms with Crippen molar-refractivity contribution in [2.75, 3.05) is 0 Å². The lowest BCUT2D eigenvalue weighted by molar-refractivity contribution is -0.194. The molecular weight excluding hydrogens is 254 g/mol. The number of hydrogen-bond acceptors (Lipinski definition) is 3. The zero-order valence-electron chi connectivity index (χ0n) is 9.59. The second kappa shape index (κ2) is 3.33. The van der Waals surface area contributed by atoms with Gasteiger partial charge in [-0.3, -0.25) is 4.79 Å². The molecule has 3 aliphatic rings. The Hall–Kier alpha value is -1.40. The van der Waals surface area contributed by atoms with Crippen LogP contribution in [0.15, 0.2) is 35.2 Å². The summed E-state index contributed by atoms with van der Waals surface area (Å²) in [6.07, 6.45) is 1.21. The van der Waals surface area contributed by atoms with Gasteiger partial charge in [0.05, 0.1) is 10.3 Å². The molecule has 2 bridgehead atoms. The number of sulfonamides is 1. The molecule has 0 amide bonds. The lowest BCUT2D eigenvalue weighted by Gasteiger charge is -2.67. The molecule has 3 saturated carbocycles. The maximum atomic E-state index is 12.1. The molecule has 1 aromatic rings. The van der Waals surface area contributed by atoms with Crippen molar-refractivity contribution < 1.29 is 18.3 Å². The Labute approximate surface area is 105 Å². The summed E-state index contributed by atoms with van der Waals surface area (Å²) in [6, 6.07) is 8.13. The fraction of sp³-hybridized carbons (Fsp3) is 0.417. The highest BCUT2D eigenvalue weighted by molar-refractivity contribution is 7.89. The van der Waals surface area contributed by atoms with Crippen molar-refractivity contribution in [3.05, 3.63) is 30.3 Å². The van der Waals surface area contributed by atoms with Gasteiger partial charge in [-0.05, 0) is 31.4 Å². The van der Waals surface area contributed by atoms with Crippen molar-refractivity contribution in [2.45, 2.75) is 29.7 Å². The Kier molecular flexibility index (Phi) is 2.16. The van der Waals surface area contributed by atoms with Crippen molar-refractivity contribution >= 4 is 16.0 Å². The number of carboxylic acids is 1. The summed E-state index contributed by atoms with van der Waals surface area (Å²) < 4.78 is 26.8. The molecule has 4 rings (SSSR count). The predicted octanol–water partition coefficient (Wildman–Crippen LogP) is 0.972. The third kappa shape index (κ3) is 1.49. The topological polar surface area (TPSA) is 83.5 Å². The van der Waals surface area contributed by atoms with E-state index in [1.54, 1.807) is 18.2 Å². The van der Waals surface area contributed by atoms with E-state index in [2.05, 4.69) is 4.72 Å². The summed E-state index contributed by atoms with van der Waals surface area (Å²) in [7, 11) is -3.54. The van der Waals surface area contributed by atoms with Gasteiger partial charge in [0.15, 0.2) is 0 Å². The first-order chi connectivity index (χ1) is 8.38. The fourth-order valence-corrected chi connectivity index (χ4v) is 4.49. The van der Waals surface area contributed by atoms with Gasteiger partial charge in [-0.2, -0.15) is 0 Å². The van der Waals surface area contributed by atoms with E-state index in [0.29, 0.717) is 19.3 Å². The average Bonchev–Trinajstić information content (AvgIpc) is 2.22. The minimum atomic E-state index is -3.54. The van der Waals surface area contributed by atoms with E-state index in [9.17, 15) is 13.2 Å². The van der Waals surface area contributed by atoms with Crippen LogP contribution < -0.4 is 4.72 Å². The molecule has 2 N–H and O–H groups in total. The van der Waals surface area contributed by atoms with Crippen LogP contribution in [0.1, 0.15) is 19.3 Å². The first kappa shape index (κ1) is 11.7. The normalized spacial score (nSPS) is 33.3. The van der Waals surface area contributed by atoms with Gasteiger partial charge in [0.25, 0.3) is 0 Å². The molecule has 1 aromatic carbocycles. The summed E-state index contributed by atoms with van der Waals surface area (Å²) in [5.41, 5.74) is -1.19.